The molecule has 25 heavy (non-hydrogen) atoms. The lowest BCUT2D eigenvalue weighted by Gasteiger charge is -2.15. The Hall–Kier alpha value is -2.82. The zero-order valence-electron chi connectivity index (χ0n) is 13.5. The summed E-state index contributed by atoms with van der Waals surface area (Å²) in [5, 5.41) is 14.1. The van der Waals surface area contributed by atoms with E-state index in [0.717, 1.165) is 18.5 Å². The van der Waals surface area contributed by atoms with Gasteiger partial charge in [-0.3, -0.25) is 9.59 Å². The standard InChI is InChI=1S/C14H18N8O2S/c1-6-4-9(25-22-6)18-13-10(12(16)24)20-21-14(19-13)17-8(11(15)23)5-7-2-3-7/h4,7-8H,2-3,5H2,1H3,(H2,15,23)(H2,16,24)(H2,17,18,19,21)/t8-/m1/s1. The van der Waals surface area contributed by atoms with Gasteiger partial charge in [0.05, 0.1) is 5.69 Å². The Morgan fingerprint density at radius 2 is 2.12 bits per heavy atom. The zero-order chi connectivity index (χ0) is 18.0. The number of nitrogens with zero attached hydrogens (tertiary/aromatic N) is 4. The Morgan fingerprint density at radius 3 is 2.68 bits per heavy atom. The number of nitrogens with one attached hydrogen (secondary N) is 2. The quantitative estimate of drug-likeness (QED) is 0.529. The summed E-state index contributed by atoms with van der Waals surface area (Å²) in [7, 11) is 0. The van der Waals surface area contributed by atoms with Crippen LogP contribution in [0.1, 0.15) is 35.4 Å². The summed E-state index contributed by atoms with van der Waals surface area (Å²) in [6, 6.07) is 1.21. The fourth-order valence-corrected chi connectivity index (χ4v) is 2.93. The molecule has 1 aliphatic carbocycles. The fraction of sp³-hybridized carbons (Fsp3) is 0.429. The second-order valence-electron chi connectivity index (χ2n) is 5.93. The van der Waals surface area contributed by atoms with Crippen LogP contribution in [0, 0.1) is 12.8 Å². The highest BCUT2D eigenvalue weighted by atomic mass is 32.1. The highest BCUT2D eigenvalue weighted by Crippen LogP contribution is 2.34. The van der Waals surface area contributed by atoms with Gasteiger partial charge in [0.25, 0.3) is 5.91 Å². The van der Waals surface area contributed by atoms with E-state index in [9.17, 15) is 9.59 Å². The Balaban J connectivity index is 1.83. The van der Waals surface area contributed by atoms with Crippen molar-refractivity contribution >= 4 is 40.1 Å². The van der Waals surface area contributed by atoms with Gasteiger partial charge in [0.1, 0.15) is 11.0 Å². The van der Waals surface area contributed by atoms with Crippen molar-refractivity contribution in [3.8, 4) is 0 Å². The average molecular weight is 362 g/mol. The van der Waals surface area contributed by atoms with Crippen molar-refractivity contribution in [3.63, 3.8) is 0 Å². The fourth-order valence-electron chi connectivity index (χ4n) is 2.27. The molecule has 1 saturated carbocycles. The molecule has 0 unspecified atom stereocenters. The number of hydrogen-bond acceptors (Lipinski definition) is 9. The predicted molar refractivity (Wildman–Crippen MR) is 92.4 cm³/mol. The largest absolute Gasteiger partial charge is 0.368 e. The molecule has 0 aliphatic heterocycles. The lowest BCUT2D eigenvalue weighted by Crippen LogP contribution is -2.36. The third-order valence-corrected chi connectivity index (χ3v) is 4.50. The molecular weight excluding hydrogens is 344 g/mol. The van der Waals surface area contributed by atoms with Gasteiger partial charge >= 0.3 is 0 Å². The minimum Gasteiger partial charge on any atom is -0.368 e. The van der Waals surface area contributed by atoms with Crippen LogP contribution in [0.15, 0.2) is 6.07 Å². The lowest BCUT2D eigenvalue weighted by molar-refractivity contribution is -0.119. The first-order chi connectivity index (χ1) is 11.9. The number of amides is 2. The second kappa shape index (κ2) is 6.97. The van der Waals surface area contributed by atoms with Crippen molar-refractivity contribution in [2.75, 3.05) is 10.6 Å². The molecule has 1 aliphatic rings. The van der Waals surface area contributed by atoms with Crippen molar-refractivity contribution in [1.82, 2.24) is 19.6 Å². The molecule has 10 nitrogen and oxygen atoms in total. The summed E-state index contributed by atoms with van der Waals surface area (Å²) in [5.41, 5.74) is 11.5. The third-order valence-electron chi connectivity index (χ3n) is 3.70. The van der Waals surface area contributed by atoms with Crippen molar-refractivity contribution in [3.05, 3.63) is 17.5 Å². The number of hydrogen-bond donors (Lipinski definition) is 4. The molecule has 0 saturated heterocycles. The van der Waals surface area contributed by atoms with Gasteiger partial charge < -0.3 is 22.1 Å². The number of anilines is 3. The Kier molecular flexibility index (Phi) is 4.74. The molecule has 2 amide bonds. The van der Waals surface area contributed by atoms with Gasteiger partial charge in [0.15, 0.2) is 11.5 Å². The Morgan fingerprint density at radius 1 is 1.36 bits per heavy atom. The summed E-state index contributed by atoms with van der Waals surface area (Å²) in [6.07, 6.45) is 2.79. The molecule has 2 aromatic heterocycles. The van der Waals surface area contributed by atoms with Gasteiger partial charge in [0.2, 0.25) is 11.9 Å². The number of primary amides is 2. The SMILES string of the molecule is Cc1cc(Nc2nc(N[C@H](CC3CC3)C(N)=O)nnc2C(N)=O)sn1. The Labute approximate surface area is 147 Å². The van der Waals surface area contributed by atoms with Crippen molar-refractivity contribution in [2.45, 2.75) is 32.2 Å². The summed E-state index contributed by atoms with van der Waals surface area (Å²) in [4.78, 5) is 27.4. The molecule has 0 radical (unpaired) electrons. The monoisotopic (exact) mass is 362 g/mol. The average Bonchev–Trinajstić information content (AvgIpc) is 3.27. The van der Waals surface area contributed by atoms with Gasteiger partial charge in [-0.1, -0.05) is 12.8 Å². The number of aryl methyl sites for hydroxylation is 1. The highest BCUT2D eigenvalue weighted by molar-refractivity contribution is 7.10. The number of carbonyl (C=O) groups excluding carboxylic acids is 2. The van der Waals surface area contributed by atoms with Crippen LogP contribution in [-0.4, -0.2) is 37.4 Å². The van der Waals surface area contributed by atoms with E-state index < -0.39 is 17.9 Å². The molecule has 6 N–H and O–H groups in total. The highest BCUT2D eigenvalue weighted by Gasteiger charge is 2.29. The lowest BCUT2D eigenvalue weighted by atomic mass is 10.1. The van der Waals surface area contributed by atoms with E-state index in [1.54, 1.807) is 6.07 Å². The minimum atomic E-state index is -0.764. The molecule has 0 aromatic carbocycles. The maximum atomic E-state index is 11.6. The molecule has 2 heterocycles. The van der Waals surface area contributed by atoms with Gasteiger partial charge in [-0.25, -0.2) is 0 Å². The molecule has 2 aromatic rings. The van der Waals surface area contributed by atoms with E-state index in [-0.39, 0.29) is 17.5 Å². The van der Waals surface area contributed by atoms with E-state index in [1.807, 2.05) is 6.92 Å². The summed E-state index contributed by atoms with van der Waals surface area (Å²) >= 11 is 1.21. The van der Waals surface area contributed by atoms with Gasteiger partial charge in [-0.05, 0) is 36.9 Å². The molecule has 1 atom stereocenters. The molecule has 11 heteroatoms. The molecule has 3 rings (SSSR count). The number of carbonyl (C=O) groups is 2. The molecule has 0 bridgehead atoms. The van der Waals surface area contributed by atoms with Crippen molar-refractivity contribution in [2.24, 2.45) is 17.4 Å². The van der Waals surface area contributed by atoms with Gasteiger partial charge in [-0.2, -0.15) is 9.36 Å². The predicted octanol–water partition coefficient (Wildman–Crippen LogP) is 0.545. The molecule has 132 valence electrons. The Bertz CT molecular complexity index is 804. The van der Waals surface area contributed by atoms with Crippen LogP contribution < -0.4 is 22.1 Å². The van der Waals surface area contributed by atoms with E-state index in [0.29, 0.717) is 17.3 Å². The molecule has 1 fully saturated rings. The van der Waals surface area contributed by atoms with Crippen molar-refractivity contribution < 1.29 is 9.59 Å². The van der Waals surface area contributed by atoms with E-state index in [1.165, 1.54) is 11.5 Å². The first-order valence-electron chi connectivity index (χ1n) is 7.73. The second-order valence-corrected chi connectivity index (χ2v) is 6.74. The van der Waals surface area contributed by atoms with E-state index in [2.05, 4.69) is 30.2 Å². The van der Waals surface area contributed by atoms with Crippen LogP contribution in [-0.2, 0) is 4.79 Å². The molecule has 0 spiro atoms. The maximum absolute atomic E-state index is 11.6. The van der Waals surface area contributed by atoms with Crippen LogP contribution in [0.2, 0.25) is 0 Å². The van der Waals surface area contributed by atoms with Crippen LogP contribution in [0.25, 0.3) is 0 Å². The number of nitrogens with two attached hydrogens (primary N) is 2. The summed E-state index contributed by atoms with van der Waals surface area (Å²) < 4.78 is 4.14. The minimum absolute atomic E-state index is 0.0955. The molecular formula is C14H18N8O2S. The smallest absolute Gasteiger partial charge is 0.273 e. The first kappa shape index (κ1) is 17.0. The number of rotatable bonds is 8. The third kappa shape index (κ3) is 4.38. The van der Waals surface area contributed by atoms with Gasteiger partial charge in [-0.15, -0.1) is 10.2 Å². The van der Waals surface area contributed by atoms with Crippen LogP contribution in [0.5, 0.6) is 0 Å². The van der Waals surface area contributed by atoms with E-state index >= 15 is 0 Å². The summed E-state index contributed by atoms with van der Waals surface area (Å²) in [5.74, 6) is -0.524. The topological polar surface area (TPSA) is 162 Å². The summed E-state index contributed by atoms with van der Waals surface area (Å²) in [6.45, 7) is 1.84. The number of aromatic nitrogens is 4. The van der Waals surface area contributed by atoms with Crippen LogP contribution in [0.4, 0.5) is 16.8 Å². The normalized spacial score (nSPS) is 14.8. The van der Waals surface area contributed by atoms with E-state index in [4.69, 9.17) is 11.5 Å². The van der Waals surface area contributed by atoms with Crippen molar-refractivity contribution in [1.29, 1.82) is 0 Å². The van der Waals surface area contributed by atoms with Gasteiger partial charge in [0, 0.05) is 0 Å². The van der Waals surface area contributed by atoms with Crippen LogP contribution in [0.3, 0.4) is 0 Å². The zero-order valence-corrected chi connectivity index (χ0v) is 14.3. The first-order valence-corrected chi connectivity index (χ1v) is 8.50. The maximum Gasteiger partial charge on any atom is 0.273 e. The van der Waals surface area contributed by atoms with Crippen LogP contribution >= 0.6 is 11.5 Å².